The number of fused-ring (bicyclic) bond motifs is 1. The van der Waals surface area contributed by atoms with Crippen LogP contribution in [0.25, 0.3) is 16.2 Å². The van der Waals surface area contributed by atoms with E-state index in [9.17, 15) is 4.79 Å². The van der Waals surface area contributed by atoms with Gasteiger partial charge in [-0.15, -0.1) is 11.3 Å². The Kier molecular flexibility index (Phi) is 3.70. The van der Waals surface area contributed by atoms with Gasteiger partial charge in [-0.2, -0.15) is 0 Å². The minimum Gasteiger partial charge on any atom is -0.456 e. The monoisotopic (exact) mass is 294 g/mol. The Bertz CT molecular complexity index is 650. The van der Waals surface area contributed by atoms with E-state index in [-0.39, 0.29) is 5.97 Å². The highest BCUT2D eigenvalue weighted by Crippen LogP contribution is 2.36. The van der Waals surface area contributed by atoms with E-state index in [1.165, 1.54) is 11.3 Å². The number of halogens is 1. The maximum atomic E-state index is 12.2. The normalized spacial score (nSPS) is 11.6. The van der Waals surface area contributed by atoms with Crippen LogP contribution in [0.3, 0.4) is 0 Å². The van der Waals surface area contributed by atoms with E-state index in [0.29, 0.717) is 10.6 Å². The van der Waals surface area contributed by atoms with Crippen LogP contribution in [0.4, 0.5) is 0 Å². The highest BCUT2D eigenvalue weighted by atomic mass is 35.5. The molecule has 19 heavy (non-hydrogen) atoms. The van der Waals surface area contributed by atoms with Gasteiger partial charge in [0.15, 0.2) is 0 Å². The number of hydrogen-bond donors (Lipinski definition) is 0. The predicted octanol–water partition coefficient (Wildman–Crippen LogP) is 5.15. The Balaban J connectivity index is 2.59. The van der Waals surface area contributed by atoms with Crippen molar-refractivity contribution in [2.45, 2.75) is 26.4 Å². The molecule has 2 nitrogen and oxygen atoms in total. The number of rotatable bonds is 2. The molecule has 0 saturated heterocycles. The second-order valence-electron chi connectivity index (χ2n) is 5.20. The molecule has 0 saturated carbocycles. The van der Waals surface area contributed by atoms with Gasteiger partial charge in [-0.25, -0.2) is 4.79 Å². The fraction of sp³-hybridized carbons (Fsp3) is 0.267. The van der Waals surface area contributed by atoms with E-state index in [1.807, 2.05) is 32.9 Å². The minimum atomic E-state index is -0.516. The Hall–Kier alpha value is -1.32. The third kappa shape index (κ3) is 2.82. The maximum Gasteiger partial charge on any atom is 0.340 e. The number of ether oxygens (including phenoxy) is 1. The Labute approximate surface area is 121 Å². The molecule has 100 valence electrons. The van der Waals surface area contributed by atoms with Crippen LogP contribution in [-0.2, 0) is 4.74 Å². The summed E-state index contributed by atoms with van der Waals surface area (Å²) in [6.07, 6.45) is 1.72. The molecule has 0 N–H and O–H groups in total. The molecule has 0 aliphatic heterocycles. The van der Waals surface area contributed by atoms with Crippen LogP contribution < -0.4 is 0 Å². The smallest absolute Gasteiger partial charge is 0.340 e. The van der Waals surface area contributed by atoms with Gasteiger partial charge in [0.25, 0.3) is 0 Å². The lowest BCUT2D eigenvalue weighted by atomic mass is 10.1. The van der Waals surface area contributed by atoms with Crippen molar-refractivity contribution in [3.8, 4) is 0 Å². The lowest BCUT2D eigenvalue weighted by Crippen LogP contribution is -2.23. The molecular weight excluding hydrogens is 280 g/mol. The van der Waals surface area contributed by atoms with Gasteiger partial charge in [0.2, 0.25) is 0 Å². The van der Waals surface area contributed by atoms with Crippen LogP contribution >= 0.6 is 22.9 Å². The molecule has 0 spiro atoms. The summed E-state index contributed by atoms with van der Waals surface area (Å²) in [6, 6.07) is 3.68. The molecule has 4 heteroatoms. The molecule has 0 fully saturated rings. The molecule has 0 atom stereocenters. The van der Waals surface area contributed by atoms with Crippen molar-refractivity contribution < 1.29 is 9.53 Å². The molecule has 0 amide bonds. The van der Waals surface area contributed by atoms with E-state index in [1.54, 1.807) is 11.5 Å². The van der Waals surface area contributed by atoms with Crippen molar-refractivity contribution in [2.75, 3.05) is 0 Å². The van der Waals surface area contributed by atoms with E-state index in [2.05, 4.69) is 6.58 Å². The molecule has 0 radical (unpaired) electrons. The lowest BCUT2D eigenvalue weighted by Gasteiger charge is -2.19. The van der Waals surface area contributed by atoms with E-state index in [4.69, 9.17) is 16.3 Å². The summed E-state index contributed by atoms with van der Waals surface area (Å²) in [5.41, 5.74) is 0.923. The second kappa shape index (κ2) is 4.99. The van der Waals surface area contributed by atoms with Gasteiger partial charge in [-0.05, 0) is 32.4 Å². The quantitative estimate of drug-likeness (QED) is 0.716. The molecule has 0 aliphatic carbocycles. The summed E-state index contributed by atoms with van der Waals surface area (Å²) >= 11 is 7.60. The van der Waals surface area contributed by atoms with E-state index >= 15 is 0 Å². The fourth-order valence-electron chi connectivity index (χ4n) is 1.80. The lowest BCUT2D eigenvalue weighted by molar-refractivity contribution is 0.00723. The first-order valence-corrected chi connectivity index (χ1v) is 7.15. The summed E-state index contributed by atoms with van der Waals surface area (Å²) in [7, 11) is 0. The van der Waals surface area contributed by atoms with E-state index in [0.717, 1.165) is 15.6 Å². The predicted molar refractivity (Wildman–Crippen MR) is 82.1 cm³/mol. The number of hydrogen-bond acceptors (Lipinski definition) is 3. The van der Waals surface area contributed by atoms with Crippen molar-refractivity contribution in [3.05, 3.63) is 40.2 Å². The highest BCUT2D eigenvalue weighted by Gasteiger charge is 2.22. The molecular formula is C15H15ClO2S. The Morgan fingerprint density at radius 1 is 1.42 bits per heavy atom. The average molecular weight is 295 g/mol. The van der Waals surface area contributed by atoms with Gasteiger partial charge in [0, 0.05) is 10.8 Å². The van der Waals surface area contributed by atoms with Crippen LogP contribution in [0.15, 0.2) is 24.1 Å². The number of carbonyl (C=O) groups excluding carboxylic acids is 1. The summed E-state index contributed by atoms with van der Waals surface area (Å²) < 4.78 is 6.31. The second-order valence-corrected chi connectivity index (χ2v) is 6.48. The number of esters is 1. The van der Waals surface area contributed by atoms with Crippen LogP contribution in [-0.4, -0.2) is 11.6 Å². The van der Waals surface area contributed by atoms with Crippen molar-refractivity contribution in [3.63, 3.8) is 0 Å². The van der Waals surface area contributed by atoms with Gasteiger partial charge < -0.3 is 4.74 Å². The van der Waals surface area contributed by atoms with Crippen LogP contribution in [0.5, 0.6) is 0 Å². The molecule has 2 rings (SSSR count). The zero-order chi connectivity index (χ0) is 14.2. The number of carbonyl (C=O) groups is 1. The average Bonchev–Trinajstić information content (AvgIpc) is 2.73. The van der Waals surface area contributed by atoms with Crippen molar-refractivity contribution in [1.82, 2.24) is 0 Å². The zero-order valence-corrected chi connectivity index (χ0v) is 12.7. The van der Waals surface area contributed by atoms with Gasteiger partial charge in [0.1, 0.15) is 5.60 Å². The highest BCUT2D eigenvalue weighted by molar-refractivity contribution is 7.18. The third-order valence-corrected chi connectivity index (χ3v) is 3.98. The van der Waals surface area contributed by atoms with Gasteiger partial charge in [0.05, 0.1) is 15.3 Å². The third-order valence-electron chi connectivity index (χ3n) is 2.54. The largest absolute Gasteiger partial charge is 0.456 e. The molecule has 0 unspecified atom stereocenters. The molecule has 0 bridgehead atoms. The van der Waals surface area contributed by atoms with Crippen LogP contribution in [0, 0.1) is 0 Å². The summed E-state index contributed by atoms with van der Waals surface area (Å²) in [5, 5.41) is 3.25. The topological polar surface area (TPSA) is 26.3 Å². The fourth-order valence-corrected chi connectivity index (χ4v) is 3.06. The summed E-state index contributed by atoms with van der Waals surface area (Å²) in [6.45, 7) is 9.32. The zero-order valence-electron chi connectivity index (χ0n) is 11.1. The summed E-state index contributed by atoms with van der Waals surface area (Å²) in [5.74, 6) is -0.330. The number of thiophene rings is 1. The Morgan fingerprint density at radius 2 is 2.11 bits per heavy atom. The van der Waals surface area contributed by atoms with Gasteiger partial charge >= 0.3 is 5.97 Å². The minimum absolute atomic E-state index is 0.330. The molecule has 1 heterocycles. The molecule has 2 aromatic rings. The first-order valence-electron chi connectivity index (χ1n) is 5.89. The standard InChI is InChI=1S/C15H15ClO2S/c1-5-9-6-7-11(16)13-12(9)10(8-19-13)14(17)18-15(2,3)4/h5-8H,1H2,2-4H3. The van der Waals surface area contributed by atoms with Crippen molar-refractivity contribution in [1.29, 1.82) is 0 Å². The molecule has 1 aromatic carbocycles. The molecule has 0 aliphatic rings. The van der Waals surface area contributed by atoms with E-state index < -0.39 is 5.60 Å². The van der Waals surface area contributed by atoms with Gasteiger partial charge in [-0.1, -0.05) is 30.3 Å². The Morgan fingerprint density at radius 3 is 2.68 bits per heavy atom. The first-order chi connectivity index (χ1) is 8.83. The maximum absolute atomic E-state index is 12.2. The van der Waals surface area contributed by atoms with Crippen LogP contribution in [0.2, 0.25) is 5.02 Å². The van der Waals surface area contributed by atoms with Gasteiger partial charge in [-0.3, -0.25) is 0 Å². The van der Waals surface area contributed by atoms with Crippen molar-refractivity contribution in [2.24, 2.45) is 0 Å². The van der Waals surface area contributed by atoms with Crippen molar-refractivity contribution >= 4 is 45.1 Å². The molecule has 1 aromatic heterocycles. The number of benzene rings is 1. The summed E-state index contributed by atoms with van der Waals surface area (Å²) in [4.78, 5) is 12.2. The van der Waals surface area contributed by atoms with Crippen LogP contribution in [0.1, 0.15) is 36.7 Å². The first kappa shape index (κ1) is 14.1. The SMILES string of the molecule is C=Cc1ccc(Cl)c2scc(C(=O)OC(C)(C)C)c12.